The van der Waals surface area contributed by atoms with E-state index in [1.807, 2.05) is 30.3 Å². The van der Waals surface area contributed by atoms with E-state index < -0.39 is 14.6 Å². The maximum atomic E-state index is 12.7. The van der Waals surface area contributed by atoms with Crippen LogP contribution < -0.4 is 5.32 Å². The lowest BCUT2D eigenvalue weighted by molar-refractivity contribution is 0.274. The van der Waals surface area contributed by atoms with Crippen LogP contribution in [0.15, 0.2) is 35.3 Å². The molecule has 1 spiro atoms. The van der Waals surface area contributed by atoms with Crippen LogP contribution in [-0.4, -0.2) is 56.5 Å². The fourth-order valence-corrected chi connectivity index (χ4v) is 6.10. The summed E-state index contributed by atoms with van der Waals surface area (Å²) < 4.78 is 24.9. The maximum Gasteiger partial charge on any atom is 0.194 e. The molecule has 6 heteroatoms. The molecule has 0 bridgehead atoms. The van der Waals surface area contributed by atoms with Crippen molar-refractivity contribution in [2.75, 3.05) is 32.4 Å². The third-order valence-electron chi connectivity index (χ3n) is 5.39. The minimum atomic E-state index is -3.03. The molecule has 0 amide bonds. The Hall–Kier alpha value is -2.00. The van der Waals surface area contributed by atoms with E-state index in [0.29, 0.717) is 19.6 Å². The van der Waals surface area contributed by atoms with E-state index in [1.54, 1.807) is 7.05 Å². The molecule has 1 heterocycles. The molecule has 1 saturated carbocycles. The summed E-state index contributed by atoms with van der Waals surface area (Å²) in [5.74, 6) is 7.18. The number of benzene rings is 1. The van der Waals surface area contributed by atoms with Crippen molar-refractivity contribution in [3.63, 3.8) is 0 Å². The average Bonchev–Trinajstić information content (AvgIpc) is 2.66. The number of nitrogens with zero attached hydrogens (tertiary/aromatic N) is 2. The summed E-state index contributed by atoms with van der Waals surface area (Å²) in [6.07, 6.45) is 4.69. The largest absolute Gasteiger partial charge is 0.345 e. The van der Waals surface area contributed by atoms with Gasteiger partial charge in [0.25, 0.3) is 0 Å². The van der Waals surface area contributed by atoms with Gasteiger partial charge < -0.3 is 10.2 Å². The van der Waals surface area contributed by atoms with E-state index in [1.165, 1.54) is 0 Å². The van der Waals surface area contributed by atoms with Crippen molar-refractivity contribution in [1.82, 2.24) is 10.2 Å². The highest BCUT2D eigenvalue weighted by Crippen LogP contribution is 2.38. The first-order valence-electron chi connectivity index (χ1n) is 9.28. The van der Waals surface area contributed by atoms with Crippen LogP contribution in [0.2, 0.25) is 0 Å². The molecule has 2 aliphatic rings. The molecule has 140 valence electrons. The minimum Gasteiger partial charge on any atom is -0.345 e. The molecule has 0 radical (unpaired) electrons. The zero-order valence-electron chi connectivity index (χ0n) is 15.4. The van der Waals surface area contributed by atoms with E-state index in [-0.39, 0.29) is 5.75 Å². The van der Waals surface area contributed by atoms with Gasteiger partial charge in [0.05, 0.1) is 17.0 Å². The average molecular weight is 374 g/mol. The Labute approximate surface area is 156 Å². The van der Waals surface area contributed by atoms with E-state index >= 15 is 0 Å². The zero-order chi connectivity index (χ0) is 18.5. The number of hydrogen-bond acceptors (Lipinski definition) is 3. The van der Waals surface area contributed by atoms with Crippen molar-refractivity contribution in [3.05, 3.63) is 35.9 Å². The van der Waals surface area contributed by atoms with Gasteiger partial charge in [-0.2, -0.15) is 0 Å². The first-order chi connectivity index (χ1) is 12.6. The first kappa shape index (κ1) is 18.8. The van der Waals surface area contributed by atoms with Crippen LogP contribution >= 0.6 is 0 Å². The standard InChI is InChI=1S/C20H27N3O2S/c1-21-19(22-14-8-11-18-9-4-2-5-10-18)23-15-16-26(24,25)20(17-23)12-6-3-7-13-20/h2,4-5,9-10H,3,6-7,12-17H2,1H3,(H,21,22). The summed E-state index contributed by atoms with van der Waals surface area (Å²) in [7, 11) is -1.29. The highest BCUT2D eigenvalue weighted by Gasteiger charge is 2.48. The summed E-state index contributed by atoms with van der Waals surface area (Å²) in [5.41, 5.74) is 0.981. The molecule has 0 unspecified atom stereocenters. The summed E-state index contributed by atoms with van der Waals surface area (Å²) in [6.45, 7) is 1.52. The summed E-state index contributed by atoms with van der Waals surface area (Å²) in [4.78, 5) is 6.44. The SMILES string of the molecule is CN=C(NCC#Cc1ccccc1)N1CCS(=O)(=O)C2(CCCCC2)C1. The van der Waals surface area contributed by atoms with Crippen LogP contribution in [0.1, 0.15) is 37.7 Å². The van der Waals surface area contributed by atoms with E-state index in [4.69, 9.17) is 0 Å². The van der Waals surface area contributed by atoms with Gasteiger partial charge in [0, 0.05) is 25.7 Å². The number of nitrogens with one attached hydrogen (secondary N) is 1. The number of rotatable bonds is 1. The monoisotopic (exact) mass is 373 g/mol. The third-order valence-corrected chi connectivity index (χ3v) is 7.96. The summed E-state index contributed by atoms with van der Waals surface area (Å²) in [5, 5.41) is 3.27. The van der Waals surface area contributed by atoms with Crippen molar-refractivity contribution >= 4 is 15.8 Å². The first-order valence-corrected chi connectivity index (χ1v) is 10.9. The number of aliphatic imine (C=N–C) groups is 1. The van der Waals surface area contributed by atoms with Gasteiger partial charge >= 0.3 is 0 Å². The van der Waals surface area contributed by atoms with Crippen LogP contribution in [0.5, 0.6) is 0 Å². The Morgan fingerprint density at radius 2 is 1.96 bits per heavy atom. The lowest BCUT2D eigenvalue weighted by atomic mass is 9.87. The predicted octanol–water partition coefficient (Wildman–Crippen LogP) is 2.05. The second-order valence-corrected chi connectivity index (χ2v) is 9.56. The topological polar surface area (TPSA) is 61.8 Å². The van der Waals surface area contributed by atoms with Crippen molar-refractivity contribution in [2.24, 2.45) is 4.99 Å². The maximum absolute atomic E-state index is 12.7. The van der Waals surface area contributed by atoms with Crippen molar-refractivity contribution in [2.45, 2.75) is 36.9 Å². The smallest absolute Gasteiger partial charge is 0.194 e. The molecule has 26 heavy (non-hydrogen) atoms. The molecule has 1 N–H and O–H groups in total. The number of sulfone groups is 1. The molecule has 5 nitrogen and oxygen atoms in total. The van der Waals surface area contributed by atoms with Gasteiger partial charge in [0.2, 0.25) is 0 Å². The highest BCUT2D eigenvalue weighted by molar-refractivity contribution is 7.92. The molecule has 0 aromatic heterocycles. The fourth-order valence-electron chi connectivity index (χ4n) is 3.94. The Bertz CT molecular complexity index is 800. The second-order valence-electron chi connectivity index (χ2n) is 7.05. The molecule has 1 saturated heterocycles. The molecule has 1 aliphatic carbocycles. The van der Waals surface area contributed by atoms with E-state index in [2.05, 4.69) is 27.0 Å². The Morgan fingerprint density at radius 1 is 1.23 bits per heavy atom. The van der Waals surface area contributed by atoms with Gasteiger partial charge in [-0.15, -0.1) is 0 Å². The van der Waals surface area contributed by atoms with Gasteiger partial charge in [-0.05, 0) is 25.0 Å². The van der Waals surface area contributed by atoms with Crippen LogP contribution in [0, 0.1) is 11.8 Å². The molecule has 1 aliphatic heterocycles. The van der Waals surface area contributed by atoms with E-state index in [9.17, 15) is 8.42 Å². The van der Waals surface area contributed by atoms with Gasteiger partial charge in [0.1, 0.15) is 0 Å². The summed E-state index contributed by atoms with van der Waals surface area (Å²) >= 11 is 0. The Balaban J connectivity index is 1.64. The van der Waals surface area contributed by atoms with Crippen molar-refractivity contribution in [3.8, 4) is 11.8 Å². The van der Waals surface area contributed by atoms with Crippen molar-refractivity contribution < 1.29 is 8.42 Å². The Morgan fingerprint density at radius 3 is 2.65 bits per heavy atom. The molecular weight excluding hydrogens is 346 g/mol. The van der Waals surface area contributed by atoms with Gasteiger partial charge in [-0.1, -0.05) is 49.3 Å². The quantitative estimate of drug-likeness (QED) is 0.465. The zero-order valence-corrected chi connectivity index (χ0v) is 16.2. The third kappa shape index (κ3) is 4.04. The van der Waals surface area contributed by atoms with Crippen LogP contribution in [0.4, 0.5) is 0 Å². The fraction of sp³-hybridized carbons (Fsp3) is 0.550. The Kier molecular flexibility index (Phi) is 5.87. The van der Waals surface area contributed by atoms with Gasteiger partial charge in [0.15, 0.2) is 15.8 Å². The normalized spacial score (nSPS) is 21.7. The molecule has 1 aromatic rings. The van der Waals surface area contributed by atoms with E-state index in [0.717, 1.165) is 43.6 Å². The second kappa shape index (κ2) is 8.13. The van der Waals surface area contributed by atoms with Crippen LogP contribution in [0.25, 0.3) is 0 Å². The number of guanidine groups is 1. The van der Waals surface area contributed by atoms with Crippen LogP contribution in [0.3, 0.4) is 0 Å². The number of hydrogen-bond donors (Lipinski definition) is 1. The lowest BCUT2D eigenvalue weighted by Crippen LogP contribution is -2.60. The van der Waals surface area contributed by atoms with Crippen molar-refractivity contribution in [1.29, 1.82) is 0 Å². The predicted molar refractivity (Wildman–Crippen MR) is 106 cm³/mol. The van der Waals surface area contributed by atoms with Crippen LogP contribution in [-0.2, 0) is 9.84 Å². The molecule has 0 atom stereocenters. The molecule has 3 rings (SSSR count). The highest BCUT2D eigenvalue weighted by atomic mass is 32.2. The summed E-state index contributed by atoms with van der Waals surface area (Å²) in [6, 6.07) is 9.85. The molecular formula is C20H27N3O2S. The van der Waals surface area contributed by atoms with Gasteiger partial charge in [-0.25, -0.2) is 8.42 Å². The molecule has 1 aromatic carbocycles. The molecule has 2 fully saturated rings. The minimum absolute atomic E-state index is 0.212. The van der Waals surface area contributed by atoms with Gasteiger partial charge in [-0.3, -0.25) is 4.99 Å². The lowest BCUT2D eigenvalue weighted by Gasteiger charge is -2.45.